The molecule has 2 aromatic rings. The fourth-order valence-corrected chi connectivity index (χ4v) is 3.10. The van der Waals surface area contributed by atoms with Crippen molar-refractivity contribution in [2.24, 2.45) is 5.92 Å². The Kier molecular flexibility index (Phi) is 4.10. The molecule has 1 aromatic carbocycles. The van der Waals surface area contributed by atoms with Crippen LogP contribution in [0.2, 0.25) is 0 Å². The lowest BCUT2D eigenvalue weighted by Gasteiger charge is -2.42. The van der Waals surface area contributed by atoms with E-state index in [-0.39, 0.29) is 11.9 Å². The topological polar surface area (TPSA) is 88.3 Å². The third-order valence-electron chi connectivity index (χ3n) is 4.26. The monoisotopic (exact) mass is 314 g/mol. The highest BCUT2D eigenvalue weighted by Crippen LogP contribution is 2.35. The van der Waals surface area contributed by atoms with Crippen molar-refractivity contribution in [3.05, 3.63) is 48.3 Å². The molecule has 7 heteroatoms. The molecule has 0 radical (unpaired) electrons. The highest BCUT2D eigenvalue weighted by Gasteiger charge is 2.44. The maximum atomic E-state index is 12.9. The molecule has 120 valence electrons. The fourth-order valence-electron chi connectivity index (χ4n) is 3.10. The lowest BCUT2D eigenvalue weighted by Crippen LogP contribution is -2.52. The van der Waals surface area contributed by atoms with Crippen molar-refractivity contribution in [3.8, 4) is 0 Å². The summed E-state index contributed by atoms with van der Waals surface area (Å²) in [4.78, 5) is 27.5. The number of aliphatic carboxylic acids is 1. The van der Waals surface area contributed by atoms with Gasteiger partial charge in [0.25, 0.3) is 5.91 Å². The number of benzene rings is 1. The first-order valence-electron chi connectivity index (χ1n) is 7.56. The largest absolute Gasteiger partial charge is 0.481 e. The first-order chi connectivity index (χ1) is 11.1. The average Bonchev–Trinajstić information content (AvgIpc) is 3.08. The number of nitrogens with zero attached hydrogens (tertiary/aromatic N) is 4. The molecule has 1 aliphatic rings. The van der Waals surface area contributed by atoms with Gasteiger partial charge in [-0.2, -0.15) is 15.0 Å². The van der Waals surface area contributed by atoms with Crippen molar-refractivity contribution in [2.45, 2.75) is 32.0 Å². The van der Waals surface area contributed by atoms with E-state index in [2.05, 4.69) is 10.2 Å². The van der Waals surface area contributed by atoms with Crippen LogP contribution in [-0.2, 0) is 4.79 Å². The molecule has 3 rings (SSSR count). The SMILES string of the molecule is CC1CCC(C(=O)O)C(n2nccn2)N1C(=O)c1ccccc1. The van der Waals surface area contributed by atoms with Crippen molar-refractivity contribution >= 4 is 11.9 Å². The van der Waals surface area contributed by atoms with E-state index in [4.69, 9.17) is 0 Å². The number of carbonyl (C=O) groups excluding carboxylic acids is 1. The lowest BCUT2D eigenvalue weighted by atomic mass is 9.89. The smallest absolute Gasteiger partial charge is 0.310 e. The maximum Gasteiger partial charge on any atom is 0.310 e. The summed E-state index contributed by atoms with van der Waals surface area (Å²) in [6, 6.07) is 8.78. The summed E-state index contributed by atoms with van der Waals surface area (Å²) in [5.41, 5.74) is 0.530. The molecule has 1 fully saturated rings. The van der Waals surface area contributed by atoms with Gasteiger partial charge in [0.1, 0.15) is 0 Å². The zero-order chi connectivity index (χ0) is 16.4. The first kappa shape index (κ1) is 15.2. The van der Waals surface area contributed by atoms with Crippen LogP contribution in [0.25, 0.3) is 0 Å². The van der Waals surface area contributed by atoms with Crippen LogP contribution in [0.1, 0.15) is 36.3 Å². The molecular formula is C16H18N4O3. The van der Waals surface area contributed by atoms with Crippen LogP contribution < -0.4 is 0 Å². The first-order valence-corrected chi connectivity index (χ1v) is 7.56. The number of aromatic nitrogens is 3. The fraction of sp³-hybridized carbons (Fsp3) is 0.375. The number of amides is 1. The molecule has 1 N–H and O–H groups in total. The molecule has 1 amide bonds. The maximum absolute atomic E-state index is 12.9. The van der Waals surface area contributed by atoms with Gasteiger partial charge in [-0.1, -0.05) is 18.2 Å². The number of carboxylic acid groups (broad SMARTS) is 1. The summed E-state index contributed by atoms with van der Waals surface area (Å²) in [5, 5.41) is 17.7. The zero-order valence-electron chi connectivity index (χ0n) is 12.7. The second-order valence-electron chi connectivity index (χ2n) is 5.71. The van der Waals surface area contributed by atoms with E-state index in [9.17, 15) is 14.7 Å². The molecule has 1 aliphatic heterocycles. The number of likely N-dealkylation sites (tertiary alicyclic amines) is 1. The molecule has 0 aliphatic carbocycles. The van der Waals surface area contributed by atoms with Crippen molar-refractivity contribution in [1.29, 1.82) is 0 Å². The Hall–Kier alpha value is -2.70. The molecule has 0 spiro atoms. The third-order valence-corrected chi connectivity index (χ3v) is 4.26. The Labute approximate surface area is 133 Å². The van der Waals surface area contributed by atoms with E-state index >= 15 is 0 Å². The highest BCUT2D eigenvalue weighted by atomic mass is 16.4. The van der Waals surface area contributed by atoms with Crippen molar-refractivity contribution < 1.29 is 14.7 Å². The zero-order valence-corrected chi connectivity index (χ0v) is 12.7. The summed E-state index contributed by atoms with van der Waals surface area (Å²) in [6.07, 6.45) is 3.38. The Morgan fingerprint density at radius 3 is 2.39 bits per heavy atom. The van der Waals surface area contributed by atoms with Crippen LogP contribution in [0.3, 0.4) is 0 Å². The molecule has 1 saturated heterocycles. The summed E-state index contributed by atoms with van der Waals surface area (Å²) in [6.45, 7) is 1.93. The highest BCUT2D eigenvalue weighted by molar-refractivity contribution is 5.94. The summed E-state index contributed by atoms with van der Waals surface area (Å²) in [7, 11) is 0. The van der Waals surface area contributed by atoms with E-state index in [1.54, 1.807) is 29.2 Å². The third kappa shape index (κ3) is 2.81. The number of piperidine rings is 1. The minimum absolute atomic E-state index is 0.0886. The Morgan fingerprint density at radius 1 is 1.13 bits per heavy atom. The van der Waals surface area contributed by atoms with Crippen LogP contribution in [0.5, 0.6) is 0 Å². The molecule has 1 aromatic heterocycles. The van der Waals surface area contributed by atoms with E-state index in [1.165, 1.54) is 17.2 Å². The molecule has 2 heterocycles. The molecule has 3 atom stereocenters. The summed E-state index contributed by atoms with van der Waals surface area (Å²) < 4.78 is 0. The predicted octanol–water partition coefficient (Wildman–Crippen LogP) is 1.80. The quantitative estimate of drug-likeness (QED) is 0.933. The number of carboxylic acids is 1. The minimum Gasteiger partial charge on any atom is -0.481 e. The average molecular weight is 314 g/mol. The van der Waals surface area contributed by atoms with Gasteiger partial charge in [-0.3, -0.25) is 9.59 Å². The van der Waals surface area contributed by atoms with Gasteiger partial charge in [0.15, 0.2) is 6.17 Å². The van der Waals surface area contributed by atoms with E-state index in [1.807, 2.05) is 13.0 Å². The van der Waals surface area contributed by atoms with Gasteiger partial charge in [0, 0.05) is 11.6 Å². The molecule has 3 unspecified atom stereocenters. The van der Waals surface area contributed by atoms with Gasteiger partial charge in [-0.25, -0.2) is 0 Å². The van der Waals surface area contributed by atoms with Gasteiger partial charge in [-0.05, 0) is 31.9 Å². The van der Waals surface area contributed by atoms with Crippen molar-refractivity contribution in [3.63, 3.8) is 0 Å². The second-order valence-corrected chi connectivity index (χ2v) is 5.71. The summed E-state index contributed by atoms with van der Waals surface area (Å²) in [5.74, 6) is -1.87. The van der Waals surface area contributed by atoms with E-state index < -0.39 is 18.1 Å². The van der Waals surface area contributed by atoms with E-state index in [0.717, 1.165) is 0 Å². The lowest BCUT2D eigenvalue weighted by molar-refractivity contribution is -0.149. The van der Waals surface area contributed by atoms with E-state index in [0.29, 0.717) is 18.4 Å². The number of rotatable bonds is 3. The van der Waals surface area contributed by atoms with Gasteiger partial charge in [-0.15, -0.1) is 0 Å². The van der Waals surface area contributed by atoms with Crippen LogP contribution in [0.4, 0.5) is 0 Å². The number of hydrogen-bond acceptors (Lipinski definition) is 4. The minimum atomic E-state index is -0.940. The van der Waals surface area contributed by atoms with Gasteiger partial charge >= 0.3 is 5.97 Å². The van der Waals surface area contributed by atoms with Crippen LogP contribution >= 0.6 is 0 Å². The van der Waals surface area contributed by atoms with Crippen LogP contribution in [0.15, 0.2) is 42.7 Å². The summed E-state index contributed by atoms with van der Waals surface area (Å²) >= 11 is 0. The van der Waals surface area contributed by atoms with Gasteiger partial charge < -0.3 is 10.0 Å². The van der Waals surface area contributed by atoms with Gasteiger partial charge in [0.05, 0.1) is 18.3 Å². The standard InChI is InChI=1S/C16H18N4O3/c1-11-7-8-13(16(22)23)14(20-17-9-10-18-20)19(11)15(21)12-5-3-2-4-6-12/h2-6,9-11,13-14H,7-8H2,1H3,(H,22,23). The molecule has 23 heavy (non-hydrogen) atoms. The Balaban J connectivity index is 2.02. The molecule has 7 nitrogen and oxygen atoms in total. The predicted molar refractivity (Wildman–Crippen MR) is 81.5 cm³/mol. The second kappa shape index (κ2) is 6.20. The molecule has 0 saturated carbocycles. The molecular weight excluding hydrogens is 296 g/mol. The van der Waals surface area contributed by atoms with Crippen molar-refractivity contribution in [2.75, 3.05) is 0 Å². The van der Waals surface area contributed by atoms with Gasteiger partial charge in [0.2, 0.25) is 0 Å². The Morgan fingerprint density at radius 2 is 1.78 bits per heavy atom. The van der Waals surface area contributed by atoms with Crippen LogP contribution in [0, 0.1) is 5.92 Å². The molecule has 0 bridgehead atoms. The Bertz CT molecular complexity index is 687. The number of carbonyl (C=O) groups is 2. The van der Waals surface area contributed by atoms with Crippen molar-refractivity contribution in [1.82, 2.24) is 19.9 Å². The van der Waals surface area contributed by atoms with Crippen LogP contribution in [-0.4, -0.2) is 42.9 Å². The number of hydrogen-bond donors (Lipinski definition) is 1. The normalized spacial score (nSPS) is 24.4.